The van der Waals surface area contributed by atoms with Gasteiger partial charge in [-0.3, -0.25) is 10.1 Å². The van der Waals surface area contributed by atoms with Gasteiger partial charge in [0.15, 0.2) is 0 Å². The molecule has 0 saturated heterocycles. The standard InChI is InChI=1S/C12H8NO2/c14-13(15)12-9-5-4-8-11(12)10-6-2-1-3-7-10/h1-2,4-9H/q+1. The van der Waals surface area contributed by atoms with Gasteiger partial charge in [-0.15, -0.1) is 0 Å². The van der Waals surface area contributed by atoms with E-state index in [2.05, 4.69) is 6.08 Å². The Morgan fingerprint density at radius 1 is 1.27 bits per heavy atom. The predicted molar refractivity (Wildman–Crippen MR) is 58.0 cm³/mol. The summed E-state index contributed by atoms with van der Waals surface area (Å²) in [5.41, 5.74) is 1.56. The van der Waals surface area contributed by atoms with Crippen LogP contribution in [0.25, 0.3) is 5.57 Å². The number of nitro groups is 1. The van der Waals surface area contributed by atoms with Crippen molar-refractivity contribution in [1.29, 1.82) is 0 Å². The Balaban J connectivity index is 2.53. The van der Waals surface area contributed by atoms with E-state index < -0.39 is 0 Å². The molecule has 1 aromatic carbocycles. The van der Waals surface area contributed by atoms with E-state index in [-0.39, 0.29) is 10.6 Å². The van der Waals surface area contributed by atoms with Crippen LogP contribution in [-0.4, -0.2) is 4.92 Å². The zero-order chi connectivity index (χ0) is 10.7. The molecule has 0 spiro atoms. The summed E-state index contributed by atoms with van der Waals surface area (Å²) in [6.07, 6.45) is 10.0. The first-order valence-corrected chi connectivity index (χ1v) is 4.49. The number of allylic oxidation sites excluding steroid dienone is 6. The minimum Gasteiger partial charge on any atom is -0.258 e. The Morgan fingerprint density at radius 3 is 2.73 bits per heavy atom. The maximum atomic E-state index is 10.8. The van der Waals surface area contributed by atoms with Crippen LogP contribution in [0.5, 0.6) is 0 Å². The van der Waals surface area contributed by atoms with Crippen LogP contribution in [0, 0.1) is 16.2 Å². The summed E-state index contributed by atoms with van der Waals surface area (Å²) < 4.78 is 0. The third-order valence-corrected chi connectivity index (χ3v) is 2.12. The Hall–Kier alpha value is -2.25. The third kappa shape index (κ3) is 1.82. The Kier molecular flexibility index (Phi) is 2.40. The highest BCUT2D eigenvalue weighted by Crippen LogP contribution is 2.27. The molecule has 0 saturated carbocycles. The lowest BCUT2D eigenvalue weighted by atomic mass is 10.0. The van der Waals surface area contributed by atoms with Gasteiger partial charge in [0.05, 0.1) is 16.6 Å². The summed E-state index contributed by atoms with van der Waals surface area (Å²) in [6, 6.07) is 6.69. The van der Waals surface area contributed by atoms with Crippen molar-refractivity contribution in [3.63, 3.8) is 0 Å². The van der Waals surface area contributed by atoms with Crippen LogP contribution >= 0.6 is 0 Å². The summed E-state index contributed by atoms with van der Waals surface area (Å²) in [7, 11) is 0. The van der Waals surface area contributed by atoms with Gasteiger partial charge in [-0.05, 0) is 6.07 Å². The van der Waals surface area contributed by atoms with Crippen LogP contribution in [0.3, 0.4) is 0 Å². The van der Waals surface area contributed by atoms with Gasteiger partial charge in [-0.1, -0.05) is 12.1 Å². The van der Waals surface area contributed by atoms with Crippen LogP contribution < -0.4 is 0 Å². The van der Waals surface area contributed by atoms with E-state index in [9.17, 15) is 10.1 Å². The molecule has 0 bridgehead atoms. The average Bonchev–Trinajstić information content (AvgIpc) is 2.30. The van der Waals surface area contributed by atoms with Crippen LogP contribution in [0.4, 0.5) is 5.69 Å². The molecule has 3 nitrogen and oxygen atoms in total. The van der Waals surface area contributed by atoms with Gasteiger partial charge >= 0.3 is 0 Å². The first-order valence-electron chi connectivity index (χ1n) is 4.49. The lowest BCUT2D eigenvalue weighted by molar-refractivity contribution is -0.385. The molecule has 0 heterocycles. The monoisotopic (exact) mass is 198 g/mol. The zero-order valence-electron chi connectivity index (χ0n) is 7.88. The Morgan fingerprint density at radius 2 is 2.07 bits per heavy atom. The van der Waals surface area contributed by atoms with Crippen molar-refractivity contribution in [2.75, 3.05) is 0 Å². The number of nitro benzene ring substituents is 1. The van der Waals surface area contributed by atoms with Gasteiger partial charge in [0.1, 0.15) is 17.7 Å². The van der Waals surface area contributed by atoms with E-state index in [1.807, 2.05) is 12.2 Å². The molecule has 0 atom stereocenters. The second-order valence-corrected chi connectivity index (χ2v) is 3.07. The van der Waals surface area contributed by atoms with Gasteiger partial charge in [0.2, 0.25) is 0 Å². The van der Waals surface area contributed by atoms with Crippen LogP contribution in [-0.2, 0) is 0 Å². The minimum atomic E-state index is -0.373. The molecule has 0 N–H and O–H groups in total. The lowest BCUT2D eigenvalue weighted by Crippen LogP contribution is -1.94. The minimum absolute atomic E-state index is 0.122. The summed E-state index contributed by atoms with van der Waals surface area (Å²) in [4.78, 5) is 10.4. The molecule has 0 radical (unpaired) electrons. The van der Waals surface area contributed by atoms with E-state index in [0.717, 1.165) is 5.57 Å². The maximum Gasteiger partial charge on any atom is 0.290 e. The molecule has 1 aliphatic carbocycles. The highest BCUT2D eigenvalue weighted by Gasteiger charge is 2.19. The SMILES string of the molecule is O=[N+]([O-])c1ccccc1C1=CC=C[C+]=C1. The van der Waals surface area contributed by atoms with Crippen molar-refractivity contribution in [3.05, 3.63) is 70.3 Å². The molecule has 2 rings (SSSR count). The van der Waals surface area contributed by atoms with Crippen LogP contribution in [0.2, 0.25) is 0 Å². The normalized spacial score (nSPS) is 13.2. The fourth-order valence-electron chi connectivity index (χ4n) is 1.44. The first-order chi connectivity index (χ1) is 7.29. The predicted octanol–water partition coefficient (Wildman–Crippen LogP) is 2.91. The summed E-state index contributed by atoms with van der Waals surface area (Å²) >= 11 is 0. The molecule has 72 valence electrons. The van der Waals surface area contributed by atoms with E-state index in [0.29, 0.717) is 5.56 Å². The number of para-hydroxylation sites is 1. The second-order valence-electron chi connectivity index (χ2n) is 3.07. The maximum absolute atomic E-state index is 10.8. The van der Waals surface area contributed by atoms with Crippen molar-refractivity contribution in [1.82, 2.24) is 0 Å². The second kappa shape index (κ2) is 3.86. The first kappa shape index (κ1) is 9.31. The van der Waals surface area contributed by atoms with Gasteiger partial charge < -0.3 is 0 Å². The van der Waals surface area contributed by atoms with Crippen LogP contribution in [0.15, 0.2) is 48.6 Å². The average molecular weight is 198 g/mol. The van der Waals surface area contributed by atoms with Crippen molar-refractivity contribution in [2.24, 2.45) is 0 Å². The Labute approximate surface area is 87.2 Å². The number of hydrogen-bond acceptors (Lipinski definition) is 2. The highest BCUT2D eigenvalue weighted by atomic mass is 16.6. The van der Waals surface area contributed by atoms with Crippen molar-refractivity contribution in [3.8, 4) is 0 Å². The molecule has 1 aliphatic rings. The molecule has 3 heteroatoms. The van der Waals surface area contributed by atoms with Gasteiger partial charge in [-0.25, -0.2) is 0 Å². The molecular weight excluding hydrogens is 190 g/mol. The van der Waals surface area contributed by atoms with Crippen LogP contribution in [0.1, 0.15) is 5.56 Å². The topological polar surface area (TPSA) is 43.1 Å². The van der Waals surface area contributed by atoms with Crippen molar-refractivity contribution >= 4 is 11.3 Å². The fraction of sp³-hybridized carbons (Fsp3) is 0. The zero-order valence-corrected chi connectivity index (χ0v) is 7.88. The number of rotatable bonds is 2. The molecule has 0 aromatic heterocycles. The highest BCUT2D eigenvalue weighted by molar-refractivity contribution is 5.81. The molecule has 1 aromatic rings. The summed E-state index contributed by atoms with van der Waals surface area (Å²) in [5, 5.41) is 10.8. The van der Waals surface area contributed by atoms with Crippen molar-refractivity contribution in [2.45, 2.75) is 0 Å². The van der Waals surface area contributed by atoms with Crippen molar-refractivity contribution < 1.29 is 4.92 Å². The summed E-state index contributed by atoms with van der Waals surface area (Å²) in [5.74, 6) is 0. The van der Waals surface area contributed by atoms with E-state index in [1.54, 1.807) is 30.4 Å². The quantitative estimate of drug-likeness (QED) is 0.416. The van der Waals surface area contributed by atoms with Gasteiger partial charge in [0, 0.05) is 18.2 Å². The van der Waals surface area contributed by atoms with Gasteiger partial charge in [0.25, 0.3) is 5.69 Å². The van der Waals surface area contributed by atoms with E-state index in [1.165, 1.54) is 6.07 Å². The molecule has 0 fully saturated rings. The summed E-state index contributed by atoms with van der Waals surface area (Å²) in [6.45, 7) is 0. The smallest absolute Gasteiger partial charge is 0.258 e. The number of nitrogens with zero attached hydrogens (tertiary/aromatic N) is 1. The molecule has 0 amide bonds. The van der Waals surface area contributed by atoms with E-state index in [4.69, 9.17) is 0 Å². The Bertz CT molecular complexity index is 484. The lowest BCUT2D eigenvalue weighted by Gasteiger charge is -1.98. The number of hydrogen-bond donors (Lipinski definition) is 0. The number of benzene rings is 1. The largest absolute Gasteiger partial charge is 0.290 e. The van der Waals surface area contributed by atoms with Gasteiger partial charge in [-0.2, -0.15) is 0 Å². The molecular formula is C12H8NO2+. The third-order valence-electron chi connectivity index (χ3n) is 2.12. The van der Waals surface area contributed by atoms with E-state index >= 15 is 0 Å². The fourth-order valence-corrected chi connectivity index (χ4v) is 1.44. The molecule has 0 aliphatic heterocycles. The molecule has 0 unspecified atom stereocenters. The molecule has 15 heavy (non-hydrogen) atoms.